The summed E-state index contributed by atoms with van der Waals surface area (Å²) in [6.45, 7) is 2.65. The zero-order valence-electron chi connectivity index (χ0n) is 15.9. The second kappa shape index (κ2) is 8.31. The molecular formula is C20H17F3N4O2S. The van der Waals surface area contributed by atoms with Gasteiger partial charge in [-0.2, -0.15) is 0 Å². The van der Waals surface area contributed by atoms with Gasteiger partial charge in [0.2, 0.25) is 0 Å². The van der Waals surface area contributed by atoms with Crippen LogP contribution in [0, 0.1) is 6.92 Å². The summed E-state index contributed by atoms with van der Waals surface area (Å²) in [4.78, 5) is 11.1. The van der Waals surface area contributed by atoms with E-state index in [1.807, 2.05) is 13.0 Å². The molecule has 0 aliphatic carbocycles. The fourth-order valence-corrected chi connectivity index (χ4v) is 3.86. The zero-order chi connectivity index (χ0) is 21.1. The first-order valence-corrected chi connectivity index (χ1v) is 9.96. The number of ether oxygens (including phenoxy) is 1. The molecule has 0 aliphatic rings. The van der Waals surface area contributed by atoms with E-state index in [1.54, 1.807) is 29.5 Å². The number of halogens is 3. The number of aryl methyl sites for hydroxylation is 2. The summed E-state index contributed by atoms with van der Waals surface area (Å²) in [5.74, 6) is 0.984. The Balaban J connectivity index is 1.40. The molecule has 0 unspecified atom stereocenters. The van der Waals surface area contributed by atoms with Crippen molar-refractivity contribution in [2.45, 2.75) is 26.1 Å². The summed E-state index contributed by atoms with van der Waals surface area (Å²) < 4.78 is 45.5. The molecule has 0 saturated carbocycles. The van der Waals surface area contributed by atoms with Gasteiger partial charge in [-0.3, -0.25) is 0 Å². The van der Waals surface area contributed by atoms with Crippen molar-refractivity contribution in [3.8, 4) is 17.3 Å². The summed E-state index contributed by atoms with van der Waals surface area (Å²) in [6.07, 6.45) is -1.74. The van der Waals surface area contributed by atoms with Gasteiger partial charge in [0.05, 0.1) is 5.39 Å². The third-order valence-corrected chi connectivity index (χ3v) is 5.22. The first-order valence-electron chi connectivity index (χ1n) is 9.15. The number of hydrogen-bond donors (Lipinski definition) is 1. The van der Waals surface area contributed by atoms with E-state index in [0.29, 0.717) is 24.5 Å². The minimum absolute atomic E-state index is 0.221. The lowest BCUT2D eigenvalue weighted by atomic mass is 10.1. The number of nitrogens with zero attached hydrogens (tertiary/aromatic N) is 3. The second-order valence-corrected chi connectivity index (χ2v) is 7.81. The van der Waals surface area contributed by atoms with Crippen LogP contribution >= 0.6 is 11.3 Å². The Kier molecular flexibility index (Phi) is 5.58. The maximum Gasteiger partial charge on any atom is 0.573 e. The van der Waals surface area contributed by atoms with E-state index in [-0.39, 0.29) is 5.75 Å². The average Bonchev–Trinajstić information content (AvgIpc) is 3.34. The Morgan fingerprint density at radius 2 is 1.93 bits per heavy atom. The van der Waals surface area contributed by atoms with E-state index in [2.05, 4.69) is 25.2 Å². The van der Waals surface area contributed by atoms with Crippen LogP contribution in [-0.2, 0) is 6.42 Å². The molecular weight excluding hydrogens is 417 g/mol. The van der Waals surface area contributed by atoms with E-state index in [9.17, 15) is 13.2 Å². The number of rotatable bonds is 7. The molecule has 4 aromatic rings. The minimum Gasteiger partial charge on any atom is -0.406 e. The van der Waals surface area contributed by atoms with Crippen LogP contribution < -0.4 is 10.1 Å². The molecule has 0 saturated heterocycles. The quantitative estimate of drug-likeness (QED) is 0.382. The number of alkyl halides is 3. The molecule has 0 atom stereocenters. The minimum atomic E-state index is -4.68. The molecule has 0 amide bonds. The van der Waals surface area contributed by atoms with Crippen LogP contribution in [0.15, 0.2) is 47.2 Å². The van der Waals surface area contributed by atoms with Crippen LogP contribution in [0.4, 0.5) is 19.0 Å². The summed E-state index contributed by atoms with van der Waals surface area (Å²) in [7, 11) is 0. The number of aromatic nitrogens is 3. The number of thiophene rings is 1. The van der Waals surface area contributed by atoms with Crippen molar-refractivity contribution in [1.82, 2.24) is 15.1 Å². The molecule has 1 aromatic carbocycles. The third-order valence-electron chi connectivity index (χ3n) is 4.27. The van der Waals surface area contributed by atoms with Crippen molar-refractivity contribution in [1.29, 1.82) is 0 Å². The summed E-state index contributed by atoms with van der Waals surface area (Å²) >= 11 is 1.58. The number of hydrogen-bond acceptors (Lipinski definition) is 7. The molecule has 0 spiro atoms. The van der Waals surface area contributed by atoms with Crippen molar-refractivity contribution < 1.29 is 22.4 Å². The van der Waals surface area contributed by atoms with Gasteiger partial charge in [0.1, 0.15) is 22.7 Å². The highest BCUT2D eigenvalue weighted by Gasteiger charge is 2.30. The number of anilines is 1. The number of benzene rings is 1. The van der Waals surface area contributed by atoms with E-state index in [4.69, 9.17) is 4.52 Å². The molecule has 0 radical (unpaired) electrons. The first-order chi connectivity index (χ1) is 14.4. The van der Waals surface area contributed by atoms with Crippen molar-refractivity contribution in [3.63, 3.8) is 0 Å². The molecule has 156 valence electrons. The summed E-state index contributed by atoms with van der Waals surface area (Å²) in [5, 5.41) is 8.19. The molecule has 0 fully saturated rings. The molecule has 4 rings (SSSR count). The molecule has 30 heavy (non-hydrogen) atoms. The van der Waals surface area contributed by atoms with Gasteiger partial charge in [0, 0.05) is 17.5 Å². The predicted molar refractivity (Wildman–Crippen MR) is 108 cm³/mol. The van der Waals surface area contributed by atoms with Crippen LogP contribution in [0.5, 0.6) is 5.75 Å². The van der Waals surface area contributed by atoms with Gasteiger partial charge in [-0.05, 0) is 43.5 Å². The Bertz CT molecular complexity index is 1130. The van der Waals surface area contributed by atoms with Crippen LogP contribution in [0.2, 0.25) is 0 Å². The van der Waals surface area contributed by atoms with Gasteiger partial charge in [-0.15, -0.1) is 24.5 Å². The van der Waals surface area contributed by atoms with Crippen molar-refractivity contribution in [2.75, 3.05) is 11.9 Å². The molecule has 6 nitrogen and oxygen atoms in total. The molecule has 0 bridgehead atoms. The first kappa shape index (κ1) is 20.1. The van der Waals surface area contributed by atoms with Crippen LogP contribution in [0.25, 0.3) is 21.7 Å². The highest BCUT2D eigenvalue weighted by atomic mass is 32.1. The van der Waals surface area contributed by atoms with Gasteiger partial charge in [-0.1, -0.05) is 17.3 Å². The zero-order valence-corrected chi connectivity index (χ0v) is 16.7. The normalized spacial score (nSPS) is 11.7. The van der Waals surface area contributed by atoms with E-state index < -0.39 is 6.36 Å². The largest absolute Gasteiger partial charge is 0.573 e. The van der Waals surface area contributed by atoms with Gasteiger partial charge in [0.25, 0.3) is 0 Å². The highest BCUT2D eigenvalue weighted by molar-refractivity contribution is 7.18. The Hall–Kier alpha value is -3.14. The van der Waals surface area contributed by atoms with Gasteiger partial charge in [0.15, 0.2) is 11.5 Å². The fourth-order valence-electron chi connectivity index (χ4n) is 2.98. The van der Waals surface area contributed by atoms with Crippen LogP contribution in [0.1, 0.15) is 16.9 Å². The standard InChI is InChI=1S/C20H17F3N4O2S/c1-12-11-15-17(25-18(26-19(15)30-12)16-8-10-28-27-16)24-9-2-3-13-4-6-14(7-5-13)29-20(21,22)23/h4-8,10-11H,2-3,9H2,1H3,(H,24,25,26). The molecule has 3 aromatic heterocycles. The van der Waals surface area contributed by atoms with Gasteiger partial charge < -0.3 is 14.6 Å². The van der Waals surface area contributed by atoms with Crippen molar-refractivity contribution >= 4 is 27.4 Å². The van der Waals surface area contributed by atoms with Gasteiger partial charge >= 0.3 is 6.36 Å². The predicted octanol–water partition coefficient (Wildman–Crippen LogP) is 5.60. The van der Waals surface area contributed by atoms with Crippen LogP contribution in [-0.4, -0.2) is 28.0 Å². The van der Waals surface area contributed by atoms with Crippen molar-refractivity contribution in [2.24, 2.45) is 0 Å². The summed E-state index contributed by atoms with van der Waals surface area (Å²) in [6, 6.07) is 9.65. The molecule has 10 heteroatoms. The number of nitrogens with one attached hydrogen (secondary N) is 1. The van der Waals surface area contributed by atoms with Crippen molar-refractivity contribution in [3.05, 3.63) is 53.1 Å². The number of fused-ring (bicyclic) bond motifs is 1. The topological polar surface area (TPSA) is 73.1 Å². The fraction of sp³-hybridized carbons (Fsp3) is 0.250. The maximum absolute atomic E-state index is 12.2. The lowest BCUT2D eigenvalue weighted by molar-refractivity contribution is -0.274. The molecule has 0 aliphatic heterocycles. The Morgan fingerprint density at radius 1 is 1.13 bits per heavy atom. The van der Waals surface area contributed by atoms with E-state index in [1.165, 1.54) is 18.4 Å². The SMILES string of the molecule is Cc1cc2c(NCCCc3ccc(OC(F)(F)F)cc3)nc(-c3ccon3)nc2s1. The average molecular weight is 434 g/mol. The Labute approximate surface area is 173 Å². The Morgan fingerprint density at radius 3 is 2.63 bits per heavy atom. The lowest BCUT2D eigenvalue weighted by Gasteiger charge is -2.10. The van der Waals surface area contributed by atoms with E-state index >= 15 is 0 Å². The monoisotopic (exact) mass is 434 g/mol. The highest BCUT2D eigenvalue weighted by Crippen LogP contribution is 2.30. The second-order valence-electron chi connectivity index (χ2n) is 6.58. The van der Waals surface area contributed by atoms with Gasteiger partial charge in [-0.25, -0.2) is 9.97 Å². The smallest absolute Gasteiger partial charge is 0.406 e. The lowest BCUT2D eigenvalue weighted by Crippen LogP contribution is -2.17. The molecule has 3 heterocycles. The summed E-state index contributed by atoms with van der Waals surface area (Å²) in [5.41, 5.74) is 1.49. The molecule has 1 N–H and O–H groups in total. The third kappa shape index (κ3) is 4.88. The van der Waals surface area contributed by atoms with E-state index in [0.717, 1.165) is 32.9 Å². The maximum atomic E-state index is 12.2. The van der Waals surface area contributed by atoms with Crippen LogP contribution in [0.3, 0.4) is 0 Å².